The number of rotatable bonds is 4. The van der Waals surface area contributed by atoms with Crippen LogP contribution in [-0.2, 0) is 4.79 Å². The molecule has 0 radical (unpaired) electrons. The smallest absolute Gasteiger partial charge is 0.225 e. The molecule has 0 spiro atoms. The number of anilines is 1. The number of hydrogen-bond acceptors (Lipinski definition) is 2. The lowest BCUT2D eigenvalue weighted by Crippen LogP contribution is -2.11. The van der Waals surface area contributed by atoms with E-state index in [1.165, 1.54) is 0 Å². The Hall–Kier alpha value is -1.38. The van der Waals surface area contributed by atoms with Crippen molar-refractivity contribution in [2.24, 2.45) is 0 Å². The summed E-state index contributed by atoms with van der Waals surface area (Å²) in [4.78, 5) is 15.2. The van der Waals surface area contributed by atoms with Gasteiger partial charge in [0.15, 0.2) is 0 Å². The zero-order chi connectivity index (χ0) is 9.52. The Labute approximate surface area is 78.2 Å². The van der Waals surface area contributed by atoms with Gasteiger partial charge >= 0.3 is 0 Å². The summed E-state index contributed by atoms with van der Waals surface area (Å²) in [7, 11) is 0. The van der Waals surface area contributed by atoms with Crippen molar-refractivity contribution in [2.75, 3.05) is 5.32 Å². The molecule has 0 aliphatic rings. The van der Waals surface area contributed by atoms with E-state index in [2.05, 4.69) is 17.2 Å². The van der Waals surface area contributed by atoms with E-state index in [9.17, 15) is 4.79 Å². The summed E-state index contributed by atoms with van der Waals surface area (Å²) in [5, 5.41) is 2.73. The molecule has 13 heavy (non-hydrogen) atoms. The first kappa shape index (κ1) is 9.71. The van der Waals surface area contributed by atoms with Gasteiger partial charge in [0.1, 0.15) is 5.82 Å². The Balaban J connectivity index is 2.37. The van der Waals surface area contributed by atoms with Gasteiger partial charge in [0.25, 0.3) is 0 Å². The van der Waals surface area contributed by atoms with E-state index in [0.717, 1.165) is 12.8 Å². The van der Waals surface area contributed by atoms with Crippen LogP contribution >= 0.6 is 0 Å². The first-order valence-electron chi connectivity index (χ1n) is 4.54. The number of amides is 1. The van der Waals surface area contributed by atoms with Crippen LogP contribution in [0.3, 0.4) is 0 Å². The summed E-state index contributed by atoms with van der Waals surface area (Å²) in [6.07, 6.45) is 4.21. The van der Waals surface area contributed by atoms with E-state index in [4.69, 9.17) is 0 Å². The highest BCUT2D eigenvalue weighted by molar-refractivity contribution is 5.89. The molecule has 0 saturated heterocycles. The molecule has 3 nitrogen and oxygen atoms in total. The van der Waals surface area contributed by atoms with Crippen LogP contribution in [0.2, 0.25) is 0 Å². The van der Waals surface area contributed by atoms with Crippen molar-refractivity contribution in [2.45, 2.75) is 26.2 Å². The summed E-state index contributed by atoms with van der Waals surface area (Å²) in [5.41, 5.74) is 0. The van der Waals surface area contributed by atoms with Crippen molar-refractivity contribution < 1.29 is 4.79 Å². The minimum atomic E-state index is 0.0422. The second kappa shape index (κ2) is 5.30. The van der Waals surface area contributed by atoms with Crippen molar-refractivity contribution in [3.63, 3.8) is 0 Å². The predicted molar refractivity (Wildman–Crippen MR) is 52.4 cm³/mol. The predicted octanol–water partition coefficient (Wildman–Crippen LogP) is 2.21. The van der Waals surface area contributed by atoms with E-state index in [0.29, 0.717) is 12.2 Å². The summed E-state index contributed by atoms with van der Waals surface area (Å²) >= 11 is 0. The van der Waals surface area contributed by atoms with Crippen LogP contribution in [-0.4, -0.2) is 10.9 Å². The van der Waals surface area contributed by atoms with E-state index in [-0.39, 0.29) is 5.91 Å². The molecule has 0 fully saturated rings. The molecular formula is C10H14N2O. The monoisotopic (exact) mass is 178 g/mol. The molecule has 0 atom stereocenters. The number of hydrogen-bond donors (Lipinski definition) is 1. The molecule has 1 aromatic heterocycles. The van der Waals surface area contributed by atoms with Crippen LogP contribution in [0, 0.1) is 0 Å². The number of nitrogens with zero attached hydrogens (tertiary/aromatic N) is 1. The van der Waals surface area contributed by atoms with Crippen LogP contribution in [0.4, 0.5) is 5.82 Å². The Morgan fingerprint density at radius 2 is 2.38 bits per heavy atom. The number of unbranched alkanes of at least 4 members (excludes halogenated alkanes) is 1. The molecule has 0 unspecified atom stereocenters. The minimum Gasteiger partial charge on any atom is -0.311 e. The van der Waals surface area contributed by atoms with Gasteiger partial charge in [-0.1, -0.05) is 19.4 Å². The Morgan fingerprint density at radius 1 is 1.54 bits per heavy atom. The second-order valence-corrected chi connectivity index (χ2v) is 2.87. The molecule has 70 valence electrons. The van der Waals surface area contributed by atoms with Crippen molar-refractivity contribution >= 4 is 11.7 Å². The molecular weight excluding hydrogens is 164 g/mol. The average Bonchev–Trinajstić information content (AvgIpc) is 2.16. The van der Waals surface area contributed by atoms with Crippen molar-refractivity contribution in [3.05, 3.63) is 24.4 Å². The SMILES string of the molecule is CCCCC(=O)Nc1ccccn1. The zero-order valence-corrected chi connectivity index (χ0v) is 7.79. The summed E-state index contributed by atoms with van der Waals surface area (Å²) in [5.74, 6) is 0.671. The Bertz CT molecular complexity index is 259. The molecule has 0 aliphatic carbocycles. The summed E-state index contributed by atoms with van der Waals surface area (Å²) in [6.45, 7) is 2.06. The number of carbonyl (C=O) groups excluding carboxylic acids is 1. The highest BCUT2D eigenvalue weighted by atomic mass is 16.1. The number of carbonyl (C=O) groups is 1. The van der Waals surface area contributed by atoms with Gasteiger partial charge in [-0.05, 0) is 18.6 Å². The third kappa shape index (κ3) is 3.69. The summed E-state index contributed by atoms with van der Waals surface area (Å²) in [6, 6.07) is 5.45. The maximum atomic E-state index is 11.2. The van der Waals surface area contributed by atoms with Gasteiger partial charge in [-0.3, -0.25) is 4.79 Å². The molecule has 1 aromatic rings. The lowest BCUT2D eigenvalue weighted by molar-refractivity contribution is -0.116. The molecule has 1 amide bonds. The molecule has 3 heteroatoms. The molecule has 0 bridgehead atoms. The standard InChI is InChI=1S/C10H14N2O/c1-2-3-7-10(13)12-9-6-4-5-8-11-9/h4-6,8H,2-3,7H2,1H3,(H,11,12,13). The molecule has 0 saturated carbocycles. The fraction of sp³-hybridized carbons (Fsp3) is 0.400. The van der Waals surface area contributed by atoms with E-state index < -0.39 is 0 Å². The van der Waals surface area contributed by atoms with Crippen LogP contribution in [0.25, 0.3) is 0 Å². The van der Waals surface area contributed by atoms with E-state index in [1.807, 2.05) is 12.1 Å². The van der Waals surface area contributed by atoms with Crippen LogP contribution in [0.15, 0.2) is 24.4 Å². The van der Waals surface area contributed by atoms with Crippen molar-refractivity contribution in [3.8, 4) is 0 Å². The summed E-state index contributed by atoms with van der Waals surface area (Å²) < 4.78 is 0. The average molecular weight is 178 g/mol. The van der Waals surface area contributed by atoms with Gasteiger partial charge in [-0.15, -0.1) is 0 Å². The highest BCUT2D eigenvalue weighted by Gasteiger charge is 2.00. The first-order chi connectivity index (χ1) is 6.33. The Kier molecular flexibility index (Phi) is 3.96. The first-order valence-corrected chi connectivity index (χ1v) is 4.54. The third-order valence-electron chi connectivity index (χ3n) is 1.69. The fourth-order valence-electron chi connectivity index (χ4n) is 0.979. The third-order valence-corrected chi connectivity index (χ3v) is 1.69. The van der Waals surface area contributed by atoms with Gasteiger partial charge in [0, 0.05) is 12.6 Å². The van der Waals surface area contributed by atoms with Crippen LogP contribution in [0.5, 0.6) is 0 Å². The molecule has 1 N–H and O–H groups in total. The lowest BCUT2D eigenvalue weighted by atomic mass is 10.2. The van der Waals surface area contributed by atoms with Crippen molar-refractivity contribution in [1.29, 1.82) is 0 Å². The number of aromatic nitrogens is 1. The zero-order valence-electron chi connectivity index (χ0n) is 7.79. The van der Waals surface area contributed by atoms with Gasteiger partial charge < -0.3 is 5.32 Å². The fourth-order valence-corrected chi connectivity index (χ4v) is 0.979. The number of pyridine rings is 1. The normalized spacial score (nSPS) is 9.62. The lowest BCUT2D eigenvalue weighted by Gasteiger charge is -2.02. The minimum absolute atomic E-state index is 0.0422. The van der Waals surface area contributed by atoms with Crippen LogP contribution in [0.1, 0.15) is 26.2 Å². The topological polar surface area (TPSA) is 42.0 Å². The van der Waals surface area contributed by atoms with E-state index >= 15 is 0 Å². The van der Waals surface area contributed by atoms with Crippen molar-refractivity contribution in [1.82, 2.24) is 4.98 Å². The number of nitrogens with one attached hydrogen (secondary N) is 1. The Morgan fingerprint density at radius 3 is 3.00 bits per heavy atom. The molecule has 1 rings (SSSR count). The molecule has 0 aliphatic heterocycles. The van der Waals surface area contributed by atoms with Gasteiger partial charge in [-0.2, -0.15) is 0 Å². The van der Waals surface area contributed by atoms with Gasteiger partial charge in [0.2, 0.25) is 5.91 Å². The quantitative estimate of drug-likeness (QED) is 0.768. The maximum absolute atomic E-state index is 11.2. The largest absolute Gasteiger partial charge is 0.311 e. The van der Waals surface area contributed by atoms with Gasteiger partial charge in [-0.25, -0.2) is 4.98 Å². The van der Waals surface area contributed by atoms with Gasteiger partial charge in [0.05, 0.1) is 0 Å². The van der Waals surface area contributed by atoms with E-state index in [1.54, 1.807) is 12.3 Å². The van der Waals surface area contributed by atoms with Crippen LogP contribution < -0.4 is 5.32 Å². The molecule has 1 heterocycles. The maximum Gasteiger partial charge on any atom is 0.225 e. The highest BCUT2D eigenvalue weighted by Crippen LogP contribution is 2.02. The second-order valence-electron chi connectivity index (χ2n) is 2.87. The molecule has 0 aromatic carbocycles.